The normalized spacial score (nSPS) is 11.4. The van der Waals surface area contributed by atoms with Crippen LogP contribution in [-0.4, -0.2) is 19.5 Å². The van der Waals surface area contributed by atoms with Crippen molar-refractivity contribution in [1.82, 2.24) is 0 Å². The molecule has 0 bridgehead atoms. The van der Waals surface area contributed by atoms with Gasteiger partial charge >= 0.3 is 5.97 Å². The maximum atomic E-state index is 12.2. The lowest BCUT2D eigenvalue weighted by Gasteiger charge is -2.16. The van der Waals surface area contributed by atoms with Crippen molar-refractivity contribution in [2.45, 2.75) is 31.1 Å². The van der Waals surface area contributed by atoms with Crippen LogP contribution in [0.4, 0.5) is 0 Å². The predicted molar refractivity (Wildman–Crippen MR) is 88.8 cm³/mol. The van der Waals surface area contributed by atoms with E-state index in [9.17, 15) is 18.3 Å². The molecule has 6 heteroatoms. The lowest BCUT2D eigenvalue weighted by molar-refractivity contribution is 0.0695. The first-order valence-electron chi connectivity index (χ1n) is 7.33. The summed E-state index contributed by atoms with van der Waals surface area (Å²) in [5, 5.41) is 14.8. The first kappa shape index (κ1) is 17.2. The fourth-order valence-corrected chi connectivity index (χ4v) is 3.65. The number of unbranched alkanes of at least 4 members (excludes halogenated alkanes) is 1. The molecule has 2 rings (SSSR count). The number of benzene rings is 2. The van der Waals surface area contributed by atoms with Crippen LogP contribution in [0.2, 0.25) is 0 Å². The highest BCUT2D eigenvalue weighted by Gasteiger charge is 2.24. The molecule has 0 amide bonds. The summed E-state index contributed by atoms with van der Waals surface area (Å²) >= 11 is 0. The second-order valence-corrected chi connectivity index (χ2v) is 6.79. The fourth-order valence-electron chi connectivity index (χ4n) is 2.60. The molecule has 2 aromatic rings. The molecule has 0 aliphatic heterocycles. The van der Waals surface area contributed by atoms with Gasteiger partial charge in [0.2, 0.25) is 10.0 Å². The largest absolute Gasteiger partial charge is 0.478 e. The van der Waals surface area contributed by atoms with Crippen LogP contribution in [0.25, 0.3) is 11.1 Å². The molecule has 0 aromatic heterocycles. The highest BCUT2D eigenvalue weighted by molar-refractivity contribution is 7.89. The van der Waals surface area contributed by atoms with E-state index in [1.54, 1.807) is 24.3 Å². The maximum Gasteiger partial charge on any atom is 0.336 e. The van der Waals surface area contributed by atoms with Crippen LogP contribution in [0.5, 0.6) is 0 Å². The lowest BCUT2D eigenvalue weighted by atomic mass is 9.95. The Labute approximate surface area is 135 Å². The number of hydrogen-bond donors (Lipinski definition) is 2. The van der Waals surface area contributed by atoms with Crippen molar-refractivity contribution in [3.05, 3.63) is 53.6 Å². The minimum atomic E-state index is -4.06. The van der Waals surface area contributed by atoms with Gasteiger partial charge in [-0.15, -0.1) is 0 Å². The van der Waals surface area contributed by atoms with Crippen molar-refractivity contribution < 1.29 is 18.3 Å². The average molecular weight is 333 g/mol. The zero-order chi connectivity index (χ0) is 17.0. The van der Waals surface area contributed by atoms with Crippen LogP contribution >= 0.6 is 0 Å². The van der Waals surface area contributed by atoms with Crippen molar-refractivity contribution in [3.63, 3.8) is 0 Å². The van der Waals surface area contributed by atoms with Gasteiger partial charge in [0.1, 0.15) is 0 Å². The Morgan fingerprint density at radius 2 is 1.78 bits per heavy atom. The van der Waals surface area contributed by atoms with Crippen LogP contribution in [0.3, 0.4) is 0 Å². The monoisotopic (exact) mass is 333 g/mol. The van der Waals surface area contributed by atoms with Crippen LogP contribution < -0.4 is 5.14 Å². The summed E-state index contributed by atoms with van der Waals surface area (Å²) in [6.45, 7) is 1.96. The molecule has 0 unspecified atom stereocenters. The van der Waals surface area contributed by atoms with E-state index in [-0.39, 0.29) is 16.0 Å². The molecule has 0 saturated heterocycles. The van der Waals surface area contributed by atoms with E-state index in [0.717, 1.165) is 6.42 Å². The second kappa shape index (κ2) is 6.93. The predicted octanol–water partition coefficient (Wildman–Crippen LogP) is 3.04. The second-order valence-electron chi connectivity index (χ2n) is 5.29. The van der Waals surface area contributed by atoms with E-state index >= 15 is 0 Å². The molecule has 0 saturated carbocycles. The number of primary sulfonamides is 1. The summed E-state index contributed by atoms with van der Waals surface area (Å²) in [5.41, 5.74) is 1.39. The van der Waals surface area contributed by atoms with Crippen molar-refractivity contribution in [3.8, 4) is 11.1 Å². The number of hydrogen-bond acceptors (Lipinski definition) is 3. The van der Waals surface area contributed by atoms with Crippen LogP contribution in [0, 0.1) is 0 Å². The number of aromatic carboxylic acids is 1. The van der Waals surface area contributed by atoms with Crippen molar-refractivity contribution in [2.24, 2.45) is 5.14 Å². The minimum Gasteiger partial charge on any atom is -0.478 e. The Balaban J connectivity index is 2.81. The van der Waals surface area contributed by atoms with Gasteiger partial charge in [0.15, 0.2) is 0 Å². The number of carboxylic acid groups (broad SMARTS) is 1. The summed E-state index contributed by atoms with van der Waals surface area (Å²) in [7, 11) is -4.06. The number of carbonyl (C=O) groups is 1. The van der Waals surface area contributed by atoms with Gasteiger partial charge in [-0.1, -0.05) is 49.7 Å². The third-order valence-electron chi connectivity index (χ3n) is 3.64. The molecule has 5 nitrogen and oxygen atoms in total. The molecular formula is C17H19NO4S. The average Bonchev–Trinajstić information content (AvgIpc) is 2.51. The molecule has 0 spiro atoms. The summed E-state index contributed by atoms with van der Waals surface area (Å²) in [6, 6.07) is 11.9. The van der Waals surface area contributed by atoms with Gasteiger partial charge < -0.3 is 5.11 Å². The number of carboxylic acids is 1. The molecule has 0 atom stereocenters. The highest BCUT2D eigenvalue weighted by atomic mass is 32.2. The van der Waals surface area contributed by atoms with Crippen molar-refractivity contribution in [1.29, 1.82) is 0 Å². The molecule has 3 N–H and O–H groups in total. The topological polar surface area (TPSA) is 97.5 Å². The van der Waals surface area contributed by atoms with E-state index in [4.69, 9.17) is 5.14 Å². The van der Waals surface area contributed by atoms with Gasteiger partial charge in [-0.3, -0.25) is 0 Å². The summed E-state index contributed by atoms with van der Waals surface area (Å²) < 4.78 is 24.3. The quantitative estimate of drug-likeness (QED) is 0.849. The van der Waals surface area contributed by atoms with E-state index in [1.807, 2.05) is 13.0 Å². The van der Waals surface area contributed by atoms with Crippen molar-refractivity contribution in [2.75, 3.05) is 0 Å². The molecule has 2 aromatic carbocycles. The Hall–Kier alpha value is -2.18. The van der Waals surface area contributed by atoms with Gasteiger partial charge in [-0.2, -0.15) is 0 Å². The van der Waals surface area contributed by atoms with E-state index in [2.05, 4.69) is 0 Å². The van der Waals surface area contributed by atoms with E-state index in [0.29, 0.717) is 24.0 Å². The molecule has 23 heavy (non-hydrogen) atoms. The number of rotatable bonds is 6. The van der Waals surface area contributed by atoms with Gasteiger partial charge in [0, 0.05) is 5.56 Å². The summed E-state index contributed by atoms with van der Waals surface area (Å²) in [4.78, 5) is 11.4. The molecule has 0 fully saturated rings. The van der Waals surface area contributed by atoms with Crippen LogP contribution in [-0.2, 0) is 16.4 Å². The van der Waals surface area contributed by atoms with Gasteiger partial charge in [0.05, 0.1) is 10.5 Å². The van der Waals surface area contributed by atoms with Gasteiger partial charge in [-0.05, 0) is 30.0 Å². The highest BCUT2D eigenvalue weighted by Crippen LogP contribution is 2.32. The van der Waals surface area contributed by atoms with Gasteiger partial charge in [-0.25, -0.2) is 18.4 Å². The maximum absolute atomic E-state index is 12.2. The molecule has 122 valence electrons. The Kier molecular flexibility index (Phi) is 5.18. The SMILES string of the molecule is CCCCc1c(C(=O)O)ccc(-c2ccccc2)c1S(N)(=O)=O. The zero-order valence-electron chi connectivity index (χ0n) is 12.8. The zero-order valence-corrected chi connectivity index (χ0v) is 13.6. The summed E-state index contributed by atoms with van der Waals surface area (Å²) in [6.07, 6.45) is 1.85. The summed E-state index contributed by atoms with van der Waals surface area (Å²) in [5.74, 6) is -1.15. The Morgan fingerprint density at radius 1 is 1.13 bits per heavy atom. The third kappa shape index (κ3) is 3.78. The lowest BCUT2D eigenvalue weighted by Crippen LogP contribution is -2.18. The molecule has 0 aliphatic carbocycles. The smallest absolute Gasteiger partial charge is 0.336 e. The number of nitrogens with two attached hydrogens (primary N) is 1. The Bertz CT molecular complexity index is 814. The molecule has 0 radical (unpaired) electrons. The van der Waals surface area contributed by atoms with Crippen molar-refractivity contribution >= 4 is 16.0 Å². The minimum absolute atomic E-state index is 0.0119. The Morgan fingerprint density at radius 3 is 2.30 bits per heavy atom. The van der Waals surface area contributed by atoms with Crippen LogP contribution in [0.1, 0.15) is 35.7 Å². The van der Waals surface area contributed by atoms with E-state index in [1.165, 1.54) is 12.1 Å². The molecule has 0 aliphatic rings. The standard InChI is InChI=1S/C17H19NO4S/c1-2-3-9-14-15(17(19)20)11-10-13(16(14)23(18,21)22)12-7-5-4-6-8-12/h4-8,10-11H,2-3,9H2,1H3,(H,19,20)(H2,18,21,22). The third-order valence-corrected chi connectivity index (χ3v) is 4.68. The number of sulfonamides is 1. The molecular weight excluding hydrogens is 314 g/mol. The first-order valence-corrected chi connectivity index (χ1v) is 8.88. The van der Waals surface area contributed by atoms with Gasteiger partial charge in [0.25, 0.3) is 0 Å². The van der Waals surface area contributed by atoms with E-state index < -0.39 is 16.0 Å². The fraction of sp³-hybridized carbons (Fsp3) is 0.235. The molecule has 0 heterocycles. The first-order chi connectivity index (χ1) is 10.9. The van der Waals surface area contributed by atoms with Crippen LogP contribution in [0.15, 0.2) is 47.4 Å².